The van der Waals surface area contributed by atoms with E-state index in [1.54, 1.807) is 6.07 Å². The van der Waals surface area contributed by atoms with E-state index in [-0.39, 0.29) is 30.2 Å². The molecule has 0 saturated carbocycles. The minimum absolute atomic E-state index is 0.0240. The lowest BCUT2D eigenvalue weighted by Gasteiger charge is -2.45. The van der Waals surface area contributed by atoms with Gasteiger partial charge in [-0.2, -0.15) is 0 Å². The Morgan fingerprint density at radius 1 is 1.41 bits per heavy atom. The highest BCUT2D eigenvalue weighted by molar-refractivity contribution is 8.13. The summed E-state index contributed by atoms with van der Waals surface area (Å²) in [5.41, 5.74) is 5.81. The molecule has 3 heterocycles. The van der Waals surface area contributed by atoms with Gasteiger partial charge in [-0.1, -0.05) is 11.8 Å². The maximum Gasteiger partial charge on any atom is 0.275 e. The molecule has 4 rings (SSSR count). The van der Waals surface area contributed by atoms with Crippen molar-refractivity contribution in [3.63, 3.8) is 0 Å². The van der Waals surface area contributed by atoms with Gasteiger partial charge in [-0.3, -0.25) is 4.79 Å². The van der Waals surface area contributed by atoms with Crippen molar-refractivity contribution < 1.29 is 19.0 Å². The third-order valence-corrected chi connectivity index (χ3v) is 6.14. The number of aromatic hydroxyl groups is 1. The number of nitrogens with zero attached hydrogens (tertiary/aromatic N) is 3. The number of nitrogens with two attached hydrogens (primary N) is 1. The van der Waals surface area contributed by atoms with Crippen LogP contribution < -0.4 is 11.1 Å². The molecule has 1 amide bonds. The van der Waals surface area contributed by atoms with Crippen molar-refractivity contribution >= 4 is 28.5 Å². The minimum atomic E-state index is -0.926. The fourth-order valence-corrected chi connectivity index (χ4v) is 4.73. The summed E-state index contributed by atoms with van der Waals surface area (Å²) in [6.07, 6.45) is 3.03. The molecule has 1 unspecified atom stereocenters. The van der Waals surface area contributed by atoms with Crippen LogP contribution >= 0.6 is 11.8 Å². The Kier molecular flexibility index (Phi) is 5.13. The smallest absolute Gasteiger partial charge is 0.275 e. The molecule has 4 N–H and O–H groups in total. The van der Waals surface area contributed by atoms with Gasteiger partial charge in [-0.25, -0.2) is 19.4 Å². The number of nitrogens with one attached hydrogen (secondary N) is 1. The molecule has 2 aromatic rings. The van der Waals surface area contributed by atoms with Gasteiger partial charge in [0.15, 0.2) is 5.17 Å². The van der Waals surface area contributed by atoms with Gasteiger partial charge in [0.25, 0.3) is 5.91 Å². The lowest BCUT2D eigenvalue weighted by Crippen LogP contribution is -2.50. The first-order valence-corrected chi connectivity index (χ1v) is 10.1. The fraction of sp³-hybridized carbons (Fsp3) is 0.368. The Morgan fingerprint density at radius 3 is 3.00 bits per heavy atom. The number of carbonyl (C=O) groups is 1. The van der Waals surface area contributed by atoms with Crippen molar-refractivity contribution in [2.24, 2.45) is 16.6 Å². The third kappa shape index (κ3) is 3.77. The second-order valence-electron chi connectivity index (χ2n) is 7.15. The Labute approximate surface area is 170 Å². The normalized spacial score (nSPS) is 26.3. The van der Waals surface area contributed by atoms with Gasteiger partial charge in [-0.15, -0.1) is 0 Å². The lowest BCUT2D eigenvalue weighted by molar-refractivity contribution is -0.0476. The standard InChI is InChI=1S/C19H20FN5O3S/c1-10-4-11-8-29-18(21)25-19(11,9-28-10)13-5-12(2-3-14(13)20)24-17(27)15-6-23-16(26)7-22-15/h2-3,5-7,10-11H,4,8-9H2,1H3,(H2,21,25)(H,23,26)(H,24,27)/t10-,11?,19-/m0/s1. The number of rotatable bonds is 3. The fourth-order valence-electron chi connectivity index (χ4n) is 3.72. The number of aliphatic imine (C=N–C) groups is 1. The molecule has 1 aromatic carbocycles. The SMILES string of the molecule is C[C@H]1CC2CSC(N)=N[C@@]2(c2cc(NC(=O)c3cnc(O)cn3)ccc2F)CO1. The van der Waals surface area contributed by atoms with E-state index in [9.17, 15) is 14.3 Å². The number of halogens is 1. The number of hydrogen-bond donors (Lipinski definition) is 3. The Bertz CT molecular complexity index is 971. The molecule has 8 nitrogen and oxygen atoms in total. The molecule has 10 heteroatoms. The zero-order chi connectivity index (χ0) is 20.6. The molecule has 1 fully saturated rings. The van der Waals surface area contributed by atoms with Crippen LogP contribution in [0.25, 0.3) is 0 Å². The first-order valence-electron chi connectivity index (χ1n) is 9.09. The van der Waals surface area contributed by atoms with E-state index in [1.807, 2.05) is 6.92 Å². The zero-order valence-electron chi connectivity index (χ0n) is 15.6. The van der Waals surface area contributed by atoms with E-state index >= 15 is 0 Å². The van der Waals surface area contributed by atoms with Crippen molar-refractivity contribution in [3.8, 4) is 5.88 Å². The summed E-state index contributed by atoms with van der Waals surface area (Å²) in [5, 5.41) is 12.3. The average molecular weight is 417 g/mol. The predicted molar refractivity (Wildman–Crippen MR) is 107 cm³/mol. The molecule has 1 saturated heterocycles. The second kappa shape index (κ2) is 7.60. The molecule has 2 aliphatic heterocycles. The summed E-state index contributed by atoms with van der Waals surface area (Å²) in [5.74, 6) is -0.457. The van der Waals surface area contributed by atoms with E-state index in [2.05, 4.69) is 20.3 Å². The van der Waals surface area contributed by atoms with Gasteiger partial charge in [0.05, 0.1) is 25.1 Å². The summed E-state index contributed by atoms with van der Waals surface area (Å²) in [6, 6.07) is 4.33. The molecule has 152 valence electrons. The van der Waals surface area contributed by atoms with Gasteiger partial charge in [-0.05, 0) is 31.5 Å². The third-order valence-electron chi connectivity index (χ3n) is 5.18. The number of aromatic nitrogens is 2. The van der Waals surface area contributed by atoms with E-state index in [4.69, 9.17) is 10.5 Å². The lowest BCUT2D eigenvalue weighted by atomic mass is 9.75. The Morgan fingerprint density at radius 2 is 2.24 bits per heavy atom. The van der Waals surface area contributed by atoms with Crippen molar-refractivity contribution in [2.45, 2.75) is 25.0 Å². The van der Waals surface area contributed by atoms with Crippen molar-refractivity contribution in [1.29, 1.82) is 0 Å². The summed E-state index contributed by atoms with van der Waals surface area (Å²) in [6.45, 7) is 2.21. The summed E-state index contributed by atoms with van der Waals surface area (Å²) in [4.78, 5) is 24.5. The Hall–Kier alpha value is -2.72. The van der Waals surface area contributed by atoms with Gasteiger partial charge < -0.3 is 20.9 Å². The van der Waals surface area contributed by atoms with Crippen LogP contribution in [0.3, 0.4) is 0 Å². The summed E-state index contributed by atoms with van der Waals surface area (Å²) in [7, 11) is 0. The number of carbonyl (C=O) groups excluding carboxylic acids is 1. The number of amidine groups is 1. The molecule has 29 heavy (non-hydrogen) atoms. The van der Waals surface area contributed by atoms with E-state index in [0.717, 1.165) is 24.6 Å². The minimum Gasteiger partial charge on any atom is -0.492 e. The van der Waals surface area contributed by atoms with Crippen LogP contribution in [0.4, 0.5) is 10.1 Å². The molecule has 2 aliphatic rings. The van der Waals surface area contributed by atoms with Gasteiger partial charge in [0.1, 0.15) is 17.1 Å². The van der Waals surface area contributed by atoms with Crippen molar-refractivity contribution in [3.05, 3.63) is 47.7 Å². The van der Waals surface area contributed by atoms with Gasteiger partial charge in [0.2, 0.25) is 5.88 Å². The quantitative estimate of drug-likeness (QED) is 0.700. The molecule has 0 spiro atoms. The molecular formula is C19H20FN5O3S. The maximum absolute atomic E-state index is 14.9. The molecule has 3 atom stereocenters. The molecule has 1 aromatic heterocycles. The number of thioether (sulfide) groups is 1. The van der Waals surface area contributed by atoms with Crippen LogP contribution in [-0.4, -0.2) is 44.6 Å². The van der Waals surface area contributed by atoms with Crippen LogP contribution in [0, 0.1) is 11.7 Å². The summed E-state index contributed by atoms with van der Waals surface area (Å²) < 4.78 is 20.8. The molecule has 0 bridgehead atoms. The summed E-state index contributed by atoms with van der Waals surface area (Å²) >= 11 is 1.46. The van der Waals surface area contributed by atoms with Gasteiger partial charge in [0, 0.05) is 22.9 Å². The van der Waals surface area contributed by atoms with Crippen LogP contribution in [0.1, 0.15) is 29.4 Å². The van der Waals surface area contributed by atoms with E-state index in [0.29, 0.717) is 16.4 Å². The predicted octanol–water partition coefficient (Wildman–Crippen LogP) is 2.26. The first-order chi connectivity index (χ1) is 13.9. The van der Waals surface area contributed by atoms with Gasteiger partial charge >= 0.3 is 0 Å². The number of hydrogen-bond acceptors (Lipinski definition) is 8. The van der Waals surface area contributed by atoms with E-state index < -0.39 is 17.3 Å². The highest BCUT2D eigenvalue weighted by Gasteiger charge is 2.48. The number of anilines is 1. The second-order valence-corrected chi connectivity index (χ2v) is 8.19. The van der Waals surface area contributed by atoms with Crippen LogP contribution in [0.5, 0.6) is 5.88 Å². The first kappa shape index (κ1) is 19.6. The van der Waals surface area contributed by atoms with Crippen molar-refractivity contribution in [1.82, 2.24) is 9.97 Å². The maximum atomic E-state index is 14.9. The highest BCUT2D eigenvalue weighted by atomic mass is 32.2. The Balaban J connectivity index is 1.68. The number of fused-ring (bicyclic) bond motifs is 1. The van der Waals surface area contributed by atoms with E-state index in [1.165, 1.54) is 23.9 Å². The largest absolute Gasteiger partial charge is 0.492 e. The molecule has 0 radical (unpaired) electrons. The number of amides is 1. The zero-order valence-corrected chi connectivity index (χ0v) is 16.4. The number of benzene rings is 1. The molecular weight excluding hydrogens is 397 g/mol. The van der Waals surface area contributed by atoms with Crippen LogP contribution in [-0.2, 0) is 10.3 Å². The number of ether oxygens (including phenoxy) is 1. The molecule has 0 aliphatic carbocycles. The topological polar surface area (TPSA) is 123 Å². The van der Waals surface area contributed by atoms with Crippen molar-refractivity contribution in [2.75, 3.05) is 17.7 Å². The van der Waals surface area contributed by atoms with Crippen LogP contribution in [0.15, 0.2) is 35.6 Å². The average Bonchev–Trinajstić information content (AvgIpc) is 2.70. The van der Waals surface area contributed by atoms with Crippen LogP contribution in [0.2, 0.25) is 0 Å². The highest BCUT2D eigenvalue weighted by Crippen LogP contribution is 2.47. The monoisotopic (exact) mass is 417 g/mol.